The number of hydrogen-bond acceptors (Lipinski definition) is 7. The molecule has 3 heterocycles. The molecule has 0 saturated carbocycles. The minimum Gasteiger partial charge on any atom is -0.495 e. The second kappa shape index (κ2) is 9.82. The summed E-state index contributed by atoms with van der Waals surface area (Å²) in [5, 5.41) is 11.5. The fourth-order valence-electron chi connectivity index (χ4n) is 3.94. The molecule has 5 rings (SSSR count). The molecule has 0 fully saturated rings. The van der Waals surface area contributed by atoms with Gasteiger partial charge in [-0.25, -0.2) is 5.01 Å². The van der Waals surface area contributed by atoms with Crippen LogP contribution in [0.2, 0.25) is 0 Å². The van der Waals surface area contributed by atoms with Gasteiger partial charge in [0, 0.05) is 12.8 Å². The number of hydrogen-bond donors (Lipinski definition) is 1. The van der Waals surface area contributed by atoms with E-state index in [1.807, 2.05) is 46.8 Å². The smallest absolute Gasteiger partial charge is 0.262 e. The molecule has 1 N–H and O–H groups in total. The van der Waals surface area contributed by atoms with Crippen LogP contribution in [0, 0.1) is 0 Å². The zero-order chi connectivity index (χ0) is 23.5. The summed E-state index contributed by atoms with van der Waals surface area (Å²) >= 11 is 2.93. The van der Waals surface area contributed by atoms with E-state index in [9.17, 15) is 9.59 Å². The Morgan fingerprint density at radius 1 is 1.12 bits per heavy atom. The fraction of sp³-hybridized carbons (Fsp3) is 0.200. The van der Waals surface area contributed by atoms with Crippen LogP contribution in [-0.2, 0) is 9.59 Å². The van der Waals surface area contributed by atoms with Gasteiger partial charge in [0.1, 0.15) is 11.0 Å². The number of thioether (sulfide) groups is 1. The Morgan fingerprint density at radius 2 is 1.91 bits per heavy atom. The lowest BCUT2D eigenvalue weighted by atomic mass is 10.0. The number of nitrogens with one attached hydrogen (secondary N) is 1. The summed E-state index contributed by atoms with van der Waals surface area (Å²) in [6, 6.07) is 21.3. The zero-order valence-electron chi connectivity index (χ0n) is 18.4. The van der Waals surface area contributed by atoms with E-state index in [1.165, 1.54) is 11.8 Å². The van der Waals surface area contributed by atoms with Crippen molar-refractivity contribution in [2.45, 2.75) is 24.1 Å². The summed E-state index contributed by atoms with van der Waals surface area (Å²) in [7, 11) is 1.55. The Labute approximate surface area is 205 Å². The van der Waals surface area contributed by atoms with Gasteiger partial charge in [-0.1, -0.05) is 60.3 Å². The topological polar surface area (TPSA) is 83.4 Å². The molecule has 2 aliphatic rings. The molecule has 1 aromatic heterocycles. The summed E-state index contributed by atoms with van der Waals surface area (Å²) in [4.78, 5) is 30.8. The van der Waals surface area contributed by atoms with Crippen molar-refractivity contribution in [1.29, 1.82) is 0 Å². The molecule has 0 spiro atoms. The second-order valence-electron chi connectivity index (χ2n) is 7.79. The SMILES string of the molecule is COc1ccccc1NC(=O)C[C@H]1SC(N2N=C(c3cccs3)C[C@@H]2c2ccccc2)=NC1=O. The molecule has 0 unspecified atom stereocenters. The normalized spacial score (nSPS) is 19.7. The minimum atomic E-state index is -0.595. The number of nitrogens with zero attached hydrogens (tertiary/aromatic N) is 3. The maximum atomic E-state index is 12.7. The van der Waals surface area contributed by atoms with Crippen molar-refractivity contribution in [3.05, 3.63) is 82.6 Å². The van der Waals surface area contributed by atoms with Crippen molar-refractivity contribution in [3.8, 4) is 5.75 Å². The average Bonchev–Trinajstić information content (AvgIpc) is 3.60. The Kier molecular flexibility index (Phi) is 6.46. The van der Waals surface area contributed by atoms with Gasteiger partial charge in [0.15, 0.2) is 5.17 Å². The van der Waals surface area contributed by atoms with Crippen LogP contribution >= 0.6 is 23.1 Å². The van der Waals surface area contributed by atoms with Gasteiger partial charge >= 0.3 is 0 Å². The van der Waals surface area contributed by atoms with Crippen LogP contribution in [0.15, 0.2) is 82.2 Å². The molecule has 7 nitrogen and oxygen atoms in total. The maximum Gasteiger partial charge on any atom is 0.262 e. The third-order valence-corrected chi connectivity index (χ3v) is 7.64. The standard InChI is InChI=1S/C25H22N4O3S2/c1-32-20-11-6-5-10-17(20)26-23(30)15-22-24(31)27-25(34-22)29-19(16-8-3-2-4-9-16)14-18(28-29)21-12-7-13-33-21/h2-13,19,22H,14-15H2,1H3,(H,26,30)/t19-,22-/m1/s1. The highest BCUT2D eigenvalue weighted by Gasteiger charge is 2.39. The monoisotopic (exact) mass is 490 g/mol. The van der Waals surface area contributed by atoms with E-state index in [4.69, 9.17) is 9.84 Å². The highest BCUT2D eigenvalue weighted by atomic mass is 32.2. The number of carbonyl (C=O) groups excluding carboxylic acids is 2. The molecule has 2 aromatic carbocycles. The third-order valence-electron chi connectivity index (χ3n) is 5.58. The van der Waals surface area contributed by atoms with Crippen molar-refractivity contribution in [3.63, 3.8) is 0 Å². The van der Waals surface area contributed by atoms with Crippen LogP contribution < -0.4 is 10.1 Å². The molecule has 172 valence electrons. The van der Waals surface area contributed by atoms with E-state index < -0.39 is 5.25 Å². The van der Waals surface area contributed by atoms with Crippen molar-refractivity contribution in [2.24, 2.45) is 10.1 Å². The number of rotatable bonds is 6. The number of ether oxygens (including phenoxy) is 1. The van der Waals surface area contributed by atoms with E-state index in [2.05, 4.69) is 28.5 Å². The number of aliphatic imine (C=N–C) groups is 1. The maximum absolute atomic E-state index is 12.7. The fourth-order valence-corrected chi connectivity index (χ4v) is 5.72. The Bertz CT molecular complexity index is 1260. The van der Waals surface area contributed by atoms with Crippen molar-refractivity contribution < 1.29 is 14.3 Å². The number of amides is 2. The molecule has 3 aromatic rings. The van der Waals surface area contributed by atoms with Gasteiger partial charge in [-0.2, -0.15) is 10.1 Å². The third kappa shape index (κ3) is 4.62. The number of thiophene rings is 1. The van der Waals surface area contributed by atoms with Crippen LogP contribution in [0.25, 0.3) is 0 Å². The van der Waals surface area contributed by atoms with E-state index in [0.717, 1.165) is 22.6 Å². The first-order chi connectivity index (χ1) is 16.6. The Hall–Kier alpha value is -3.43. The van der Waals surface area contributed by atoms with E-state index in [0.29, 0.717) is 16.6 Å². The molecule has 34 heavy (non-hydrogen) atoms. The van der Waals surface area contributed by atoms with Gasteiger partial charge in [-0.3, -0.25) is 9.59 Å². The predicted molar refractivity (Wildman–Crippen MR) is 137 cm³/mol. The average molecular weight is 491 g/mol. The summed E-state index contributed by atoms with van der Waals surface area (Å²) in [6.07, 6.45) is 0.733. The van der Waals surface area contributed by atoms with E-state index in [-0.39, 0.29) is 24.3 Å². The number of anilines is 1. The number of para-hydroxylation sites is 2. The van der Waals surface area contributed by atoms with Gasteiger partial charge in [0.2, 0.25) is 5.91 Å². The number of amidine groups is 1. The van der Waals surface area contributed by atoms with Gasteiger partial charge in [-0.05, 0) is 29.1 Å². The molecule has 9 heteroatoms. The van der Waals surface area contributed by atoms with Crippen LogP contribution in [0.5, 0.6) is 5.75 Å². The summed E-state index contributed by atoms with van der Waals surface area (Å²) in [5.41, 5.74) is 2.64. The summed E-state index contributed by atoms with van der Waals surface area (Å²) < 4.78 is 5.29. The van der Waals surface area contributed by atoms with Crippen LogP contribution in [0.3, 0.4) is 0 Å². The lowest BCUT2D eigenvalue weighted by Gasteiger charge is -2.23. The number of carbonyl (C=O) groups is 2. The van der Waals surface area contributed by atoms with Gasteiger partial charge in [0.25, 0.3) is 5.91 Å². The predicted octanol–water partition coefficient (Wildman–Crippen LogP) is 4.93. The van der Waals surface area contributed by atoms with Crippen molar-refractivity contribution >= 4 is 51.5 Å². The number of benzene rings is 2. The highest BCUT2D eigenvalue weighted by Crippen LogP contribution is 2.39. The quantitative estimate of drug-likeness (QED) is 0.530. The van der Waals surface area contributed by atoms with E-state index >= 15 is 0 Å². The zero-order valence-corrected chi connectivity index (χ0v) is 20.0. The number of methoxy groups -OCH3 is 1. The Morgan fingerprint density at radius 3 is 2.68 bits per heavy atom. The molecular weight excluding hydrogens is 468 g/mol. The Balaban J connectivity index is 1.32. The van der Waals surface area contributed by atoms with Crippen LogP contribution in [0.4, 0.5) is 5.69 Å². The van der Waals surface area contributed by atoms with Crippen LogP contribution in [0.1, 0.15) is 29.3 Å². The summed E-state index contributed by atoms with van der Waals surface area (Å²) in [5.74, 6) is -0.0197. The molecule has 2 amide bonds. The summed E-state index contributed by atoms with van der Waals surface area (Å²) in [6.45, 7) is 0. The molecule has 0 saturated heterocycles. The first-order valence-corrected chi connectivity index (χ1v) is 12.6. The van der Waals surface area contributed by atoms with Gasteiger partial charge < -0.3 is 10.1 Å². The van der Waals surface area contributed by atoms with Crippen LogP contribution in [-0.4, -0.2) is 40.1 Å². The largest absolute Gasteiger partial charge is 0.495 e. The van der Waals surface area contributed by atoms with Gasteiger partial charge in [-0.15, -0.1) is 11.3 Å². The lowest BCUT2D eigenvalue weighted by Crippen LogP contribution is -2.25. The molecule has 2 aliphatic heterocycles. The first kappa shape index (κ1) is 22.4. The highest BCUT2D eigenvalue weighted by molar-refractivity contribution is 8.15. The minimum absolute atomic E-state index is 0.0138. The molecular formula is C25H22N4O3S2. The van der Waals surface area contributed by atoms with Crippen molar-refractivity contribution in [2.75, 3.05) is 12.4 Å². The lowest BCUT2D eigenvalue weighted by molar-refractivity contribution is -0.121. The first-order valence-electron chi connectivity index (χ1n) is 10.8. The van der Waals surface area contributed by atoms with Crippen molar-refractivity contribution in [1.82, 2.24) is 5.01 Å². The molecule has 2 atom stereocenters. The second-order valence-corrected chi connectivity index (χ2v) is 9.91. The van der Waals surface area contributed by atoms with E-state index in [1.54, 1.807) is 30.6 Å². The number of hydrazone groups is 1. The molecule has 0 aliphatic carbocycles. The van der Waals surface area contributed by atoms with Gasteiger partial charge in [0.05, 0.1) is 29.4 Å². The molecule has 0 radical (unpaired) electrons. The molecule has 0 bridgehead atoms.